The minimum absolute atomic E-state index is 0.265. The molecule has 1 aromatic carbocycles. The molecule has 1 aromatic heterocycles. The lowest BCUT2D eigenvalue weighted by Crippen LogP contribution is -2.15. The van der Waals surface area contributed by atoms with Crippen LogP contribution >= 0.6 is 0 Å². The Morgan fingerprint density at radius 2 is 2.06 bits per heavy atom. The van der Waals surface area contributed by atoms with Crippen molar-refractivity contribution >= 4 is 5.95 Å². The number of nitrogens with one attached hydrogen (secondary N) is 1. The molecule has 0 saturated heterocycles. The summed E-state index contributed by atoms with van der Waals surface area (Å²) in [5.41, 5.74) is 1.10. The van der Waals surface area contributed by atoms with Crippen LogP contribution in [0.5, 0.6) is 0 Å². The first-order chi connectivity index (χ1) is 8.77. The van der Waals surface area contributed by atoms with Crippen LogP contribution in [0.25, 0.3) is 5.69 Å². The van der Waals surface area contributed by atoms with Gasteiger partial charge in [0.25, 0.3) is 0 Å². The number of anilines is 1. The Balaban J connectivity index is 1.96. The maximum Gasteiger partial charge on any atom is 0.207 e. The number of nitrogens with zero attached hydrogens (tertiary/aromatic N) is 2. The van der Waals surface area contributed by atoms with Crippen LogP contribution < -0.4 is 5.32 Å². The zero-order valence-corrected chi connectivity index (χ0v) is 10.8. The average Bonchev–Trinajstić information content (AvgIpc) is 2.84. The minimum atomic E-state index is 0.265. The van der Waals surface area contributed by atoms with Crippen LogP contribution in [-0.4, -0.2) is 28.8 Å². The van der Waals surface area contributed by atoms with E-state index in [4.69, 9.17) is 4.74 Å². The van der Waals surface area contributed by atoms with E-state index in [1.807, 2.05) is 42.8 Å². The topological polar surface area (TPSA) is 39.1 Å². The summed E-state index contributed by atoms with van der Waals surface area (Å²) < 4.78 is 7.51. The van der Waals surface area contributed by atoms with Gasteiger partial charge >= 0.3 is 0 Å². The standard InChI is InChI=1S/C14H19N3O/c1-12(2)18-11-9-16-14-15-8-10-17(14)13-6-4-3-5-7-13/h3-8,10,12H,9,11H2,1-2H3,(H,15,16). The molecule has 0 atom stereocenters. The molecule has 0 aliphatic carbocycles. The van der Waals surface area contributed by atoms with E-state index in [2.05, 4.69) is 22.4 Å². The molecular weight excluding hydrogens is 226 g/mol. The zero-order valence-electron chi connectivity index (χ0n) is 10.8. The maximum atomic E-state index is 5.49. The highest BCUT2D eigenvalue weighted by atomic mass is 16.5. The van der Waals surface area contributed by atoms with Gasteiger partial charge in [0, 0.05) is 24.6 Å². The van der Waals surface area contributed by atoms with Crippen molar-refractivity contribution in [2.75, 3.05) is 18.5 Å². The second-order valence-electron chi connectivity index (χ2n) is 4.30. The third-order valence-corrected chi connectivity index (χ3v) is 2.51. The Morgan fingerprint density at radius 1 is 1.28 bits per heavy atom. The fourth-order valence-corrected chi connectivity index (χ4v) is 1.69. The van der Waals surface area contributed by atoms with Crippen molar-refractivity contribution in [3.63, 3.8) is 0 Å². The Labute approximate surface area is 108 Å². The summed E-state index contributed by atoms with van der Waals surface area (Å²) in [6.45, 7) is 5.50. The lowest BCUT2D eigenvalue weighted by molar-refractivity contribution is 0.0869. The van der Waals surface area contributed by atoms with E-state index in [1.165, 1.54) is 0 Å². The number of para-hydroxylation sites is 1. The Kier molecular flexibility index (Phi) is 4.36. The molecule has 96 valence electrons. The Bertz CT molecular complexity index is 465. The fourth-order valence-electron chi connectivity index (χ4n) is 1.69. The van der Waals surface area contributed by atoms with Gasteiger partial charge in [-0.3, -0.25) is 4.57 Å². The molecular formula is C14H19N3O. The molecule has 0 spiro atoms. The first-order valence-electron chi connectivity index (χ1n) is 6.21. The molecule has 2 aromatic rings. The van der Waals surface area contributed by atoms with Gasteiger partial charge in [-0.25, -0.2) is 4.98 Å². The molecule has 0 unspecified atom stereocenters. The summed E-state index contributed by atoms with van der Waals surface area (Å²) in [4.78, 5) is 4.31. The average molecular weight is 245 g/mol. The molecule has 0 aliphatic rings. The molecule has 0 bridgehead atoms. The lowest BCUT2D eigenvalue weighted by Gasteiger charge is -2.11. The molecule has 2 rings (SSSR count). The monoisotopic (exact) mass is 245 g/mol. The van der Waals surface area contributed by atoms with Gasteiger partial charge in [-0.2, -0.15) is 0 Å². The number of aromatic nitrogens is 2. The van der Waals surface area contributed by atoms with Crippen LogP contribution in [0.2, 0.25) is 0 Å². The maximum absolute atomic E-state index is 5.49. The summed E-state index contributed by atoms with van der Waals surface area (Å²) in [5.74, 6) is 0.841. The van der Waals surface area contributed by atoms with Gasteiger partial charge in [-0.05, 0) is 26.0 Å². The highest BCUT2D eigenvalue weighted by Crippen LogP contribution is 2.13. The number of imidazole rings is 1. The number of rotatable bonds is 6. The van der Waals surface area contributed by atoms with Gasteiger partial charge in [0.1, 0.15) is 0 Å². The minimum Gasteiger partial charge on any atom is -0.377 e. The third-order valence-electron chi connectivity index (χ3n) is 2.51. The number of hydrogen-bond acceptors (Lipinski definition) is 3. The molecule has 0 amide bonds. The van der Waals surface area contributed by atoms with E-state index < -0.39 is 0 Å². The Hall–Kier alpha value is -1.81. The van der Waals surface area contributed by atoms with E-state index in [0.29, 0.717) is 6.61 Å². The molecule has 4 nitrogen and oxygen atoms in total. The van der Waals surface area contributed by atoms with Crippen molar-refractivity contribution < 1.29 is 4.74 Å². The molecule has 1 N–H and O–H groups in total. The summed E-state index contributed by atoms with van der Waals surface area (Å²) >= 11 is 0. The van der Waals surface area contributed by atoms with Gasteiger partial charge < -0.3 is 10.1 Å². The van der Waals surface area contributed by atoms with Crippen molar-refractivity contribution in [3.8, 4) is 5.69 Å². The highest BCUT2D eigenvalue weighted by Gasteiger charge is 2.03. The summed E-state index contributed by atoms with van der Waals surface area (Å²) in [6, 6.07) is 10.1. The molecule has 0 saturated carbocycles. The van der Waals surface area contributed by atoms with E-state index in [0.717, 1.165) is 18.2 Å². The largest absolute Gasteiger partial charge is 0.377 e. The van der Waals surface area contributed by atoms with Crippen LogP contribution in [-0.2, 0) is 4.74 Å². The smallest absolute Gasteiger partial charge is 0.207 e. The van der Waals surface area contributed by atoms with Gasteiger partial charge in [-0.1, -0.05) is 18.2 Å². The summed E-state index contributed by atoms with van der Waals surface area (Å²) in [7, 11) is 0. The van der Waals surface area contributed by atoms with Crippen LogP contribution in [0.1, 0.15) is 13.8 Å². The van der Waals surface area contributed by atoms with Gasteiger partial charge in [-0.15, -0.1) is 0 Å². The second kappa shape index (κ2) is 6.21. The van der Waals surface area contributed by atoms with Crippen molar-refractivity contribution in [2.45, 2.75) is 20.0 Å². The SMILES string of the molecule is CC(C)OCCNc1nccn1-c1ccccc1. The normalized spacial score (nSPS) is 10.8. The molecule has 0 radical (unpaired) electrons. The molecule has 0 fully saturated rings. The Morgan fingerprint density at radius 3 is 2.78 bits per heavy atom. The van der Waals surface area contributed by atoms with E-state index in [9.17, 15) is 0 Å². The molecule has 18 heavy (non-hydrogen) atoms. The first kappa shape index (κ1) is 12.6. The fraction of sp³-hybridized carbons (Fsp3) is 0.357. The second-order valence-corrected chi connectivity index (χ2v) is 4.30. The van der Waals surface area contributed by atoms with Crippen LogP contribution in [0.3, 0.4) is 0 Å². The van der Waals surface area contributed by atoms with Gasteiger partial charge in [0.05, 0.1) is 12.7 Å². The van der Waals surface area contributed by atoms with Crippen LogP contribution in [0.4, 0.5) is 5.95 Å². The summed E-state index contributed by atoms with van der Waals surface area (Å²) in [5, 5.41) is 3.27. The predicted molar refractivity (Wildman–Crippen MR) is 73.1 cm³/mol. The van der Waals surface area contributed by atoms with Crippen molar-refractivity contribution in [1.29, 1.82) is 0 Å². The number of hydrogen-bond donors (Lipinski definition) is 1. The van der Waals surface area contributed by atoms with E-state index in [1.54, 1.807) is 6.20 Å². The van der Waals surface area contributed by atoms with Gasteiger partial charge in [0.15, 0.2) is 0 Å². The van der Waals surface area contributed by atoms with E-state index >= 15 is 0 Å². The summed E-state index contributed by atoms with van der Waals surface area (Å²) in [6.07, 6.45) is 4.00. The van der Waals surface area contributed by atoms with Crippen LogP contribution in [0.15, 0.2) is 42.7 Å². The molecule has 4 heteroatoms. The molecule has 0 aliphatic heterocycles. The predicted octanol–water partition coefficient (Wildman–Crippen LogP) is 2.71. The van der Waals surface area contributed by atoms with Crippen molar-refractivity contribution in [3.05, 3.63) is 42.7 Å². The number of benzene rings is 1. The number of ether oxygens (including phenoxy) is 1. The quantitative estimate of drug-likeness (QED) is 0.795. The molecule has 1 heterocycles. The lowest BCUT2D eigenvalue weighted by atomic mass is 10.3. The highest BCUT2D eigenvalue weighted by molar-refractivity contribution is 5.41. The van der Waals surface area contributed by atoms with Crippen molar-refractivity contribution in [2.24, 2.45) is 0 Å². The third kappa shape index (κ3) is 3.34. The van der Waals surface area contributed by atoms with Gasteiger partial charge in [0.2, 0.25) is 5.95 Å². The van der Waals surface area contributed by atoms with Crippen molar-refractivity contribution in [1.82, 2.24) is 9.55 Å². The van der Waals surface area contributed by atoms with E-state index in [-0.39, 0.29) is 6.10 Å². The van der Waals surface area contributed by atoms with Crippen LogP contribution in [0, 0.1) is 0 Å². The zero-order chi connectivity index (χ0) is 12.8. The first-order valence-corrected chi connectivity index (χ1v) is 6.21.